The molecule has 2 rings (SSSR count). The number of rotatable bonds is 4. The highest BCUT2D eigenvalue weighted by molar-refractivity contribution is 5.53. The Hall–Kier alpha value is -2.23. The molecule has 0 saturated heterocycles. The molecule has 18 heavy (non-hydrogen) atoms. The summed E-state index contributed by atoms with van der Waals surface area (Å²) >= 11 is 0. The molecule has 0 fully saturated rings. The Bertz CT molecular complexity index is 541. The van der Waals surface area contributed by atoms with E-state index in [1.807, 2.05) is 37.3 Å². The molecule has 2 aromatic rings. The zero-order chi connectivity index (χ0) is 13.0. The highest BCUT2D eigenvalue weighted by atomic mass is 16.5. The van der Waals surface area contributed by atoms with Gasteiger partial charge in [-0.1, -0.05) is 12.1 Å². The van der Waals surface area contributed by atoms with Gasteiger partial charge in [0, 0.05) is 6.07 Å². The van der Waals surface area contributed by atoms with Crippen molar-refractivity contribution in [2.75, 3.05) is 12.8 Å². The van der Waals surface area contributed by atoms with Gasteiger partial charge in [-0.3, -0.25) is 0 Å². The van der Waals surface area contributed by atoms with E-state index in [9.17, 15) is 0 Å². The number of anilines is 1. The van der Waals surface area contributed by atoms with Crippen molar-refractivity contribution >= 4 is 5.69 Å². The van der Waals surface area contributed by atoms with Crippen LogP contribution in [0.15, 0.2) is 36.4 Å². The zero-order valence-corrected chi connectivity index (χ0v) is 10.5. The van der Waals surface area contributed by atoms with Crippen LogP contribution >= 0.6 is 0 Å². The van der Waals surface area contributed by atoms with Crippen molar-refractivity contribution in [3.63, 3.8) is 0 Å². The lowest BCUT2D eigenvalue weighted by atomic mass is 10.2. The van der Waals surface area contributed by atoms with Gasteiger partial charge in [-0.25, -0.2) is 4.98 Å². The number of nitrogens with two attached hydrogens (primary N) is 1. The Kier molecular flexibility index (Phi) is 3.67. The summed E-state index contributed by atoms with van der Waals surface area (Å²) in [5.74, 6) is 1.26. The smallest absolute Gasteiger partial charge is 0.213 e. The number of aryl methyl sites for hydroxylation is 1. The molecule has 0 saturated carbocycles. The molecule has 1 heterocycles. The predicted molar refractivity (Wildman–Crippen MR) is 70.7 cm³/mol. The van der Waals surface area contributed by atoms with Crippen molar-refractivity contribution in [1.82, 2.24) is 4.98 Å². The minimum Gasteiger partial charge on any atom is -0.485 e. The highest BCUT2D eigenvalue weighted by Gasteiger charge is 2.03. The predicted octanol–water partition coefficient (Wildman–Crippen LogP) is 2.56. The quantitative estimate of drug-likeness (QED) is 0.840. The largest absolute Gasteiger partial charge is 0.485 e. The van der Waals surface area contributed by atoms with E-state index in [1.165, 1.54) is 0 Å². The topological polar surface area (TPSA) is 57.4 Å². The summed E-state index contributed by atoms with van der Waals surface area (Å²) in [6, 6.07) is 11.3. The van der Waals surface area contributed by atoms with Crippen molar-refractivity contribution in [2.24, 2.45) is 0 Å². The molecule has 1 aromatic carbocycles. The maximum atomic E-state index is 5.84. The van der Waals surface area contributed by atoms with Crippen LogP contribution in [0.3, 0.4) is 0 Å². The van der Waals surface area contributed by atoms with Gasteiger partial charge in [0.15, 0.2) is 0 Å². The van der Waals surface area contributed by atoms with Gasteiger partial charge in [0.05, 0.1) is 18.5 Å². The first kappa shape index (κ1) is 12.2. The molecule has 0 amide bonds. The van der Waals surface area contributed by atoms with Crippen LogP contribution < -0.4 is 15.2 Å². The first-order valence-electron chi connectivity index (χ1n) is 5.68. The Morgan fingerprint density at radius 1 is 1.22 bits per heavy atom. The van der Waals surface area contributed by atoms with Crippen LogP contribution in [-0.2, 0) is 6.61 Å². The fourth-order valence-corrected chi connectivity index (χ4v) is 1.57. The lowest BCUT2D eigenvalue weighted by Gasteiger charge is -2.09. The summed E-state index contributed by atoms with van der Waals surface area (Å²) in [5, 5.41) is 0. The van der Waals surface area contributed by atoms with Gasteiger partial charge >= 0.3 is 0 Å². The van der Waals surface area contributed by atoms with Crippen LogP contribution in [0.25, 0.3) is 0 Å². The maximum Gasteiger partial charge on any atom is 0.213 e. The number of pyridine rings is 1. The van der Waals surface area contributed by atoms with E-state index in [2.05, 4.69) is 4.98 Å². The maximum absolute atomic E-state index is 5.84. The fourth-order valence-electron chi connectivity index (χ4n) is 1.57. The van der Waals surface area contributed by atoms with E-state index < -0.39 is 0 Å². The average molecular weight is 244 g/mol. The minimum absolute atomic E-state index is 0.366. The molecule has 0 unspecified atom stereocenters. The first-order chi connectivity index (χ1) is 8.69. The van der Waals surface area contributed by atoms with Crippen molar-refractivity contribution in [3.8, 4) is 11.6 Å². The molecule has 4 heteroatoms. The standard InChI is InChI=1S/C14H16N2O2/c1-10-6-7-12(15)13(8-10)18-9-11-4-3-5-14(16-11)17-2/h3-8H,9,15H2,1-2H3. The Labute approximate surface area is 106 Å². The number of ether oxygens (including phenoxy) is 2. The summed E-state index contributed by atoms with van der Waals surface area (Å²) in [5.41, 5.74) is 8.38. The second-order valence-corrected chi connectivity index (χ2v) is 4.00. The van der Waals surface area contributed by atoms with E-state index in [0.717, 1.165) is 11.3 Å². The van der Waals surface area contributed by atoms with Gasteiger partial charge in [0.25, 0.3) is 0 Å². The van der Waals surface area contributed by atoms with Gasteiger partial charge in [0.1, 0.15) is 12.4 Å². The number of hydrogen-bond donors (Lipinski definition) is 1. The monoisotopic (exact) mass is 244 g/mol. The van der Waals surface area contributed by atoms with Crippen LogP contribution in [-0.4, -0.2) is 12.1 Å². The van der Waals surface area contributed by atoms with Crippen molar-refractivity contribution in [2.45, 2.75) is 13.5 Å². The van der Waals surface area contributed by atoms with Crippen LogP contribution in [0.5, 0.6) is 11.6 Å². The molecule has 0 aliphatic heterocycles. The molecular weight excluding hydrogens is 228 g/mol. The van der Waals surface area contributed by atoms with Gasteiger partial charge < -0.3 is 15.2 Å². The number of nitrogens with zero attached hydrogens (tertiary/aromatic N) is 1. The van der Waals surface area contributed by atoms with E-state index in [-0.39, 0.29) is 0 Å². The van der Waals surface area contributed by atoms with Crippen LogP contribution in [0.4, 0.5) is 5.69 Å². The number of methoxy groups -OCH3 is 1. The van der Waals surface area contributed by atoms with Crippen molar-refractivity contribution in [1.29, 1.82) is 0 Å². The number of benzene rings is 1. The van der Waals surface area contributed by atoms with E-state index in [4.69, 9.17) is 15.2 Å². The third-order valence-electron chi connectivity index (χ3n) is 2.53. The first-order valence-corrected chi connectivity index (χ1v) is 5.68. The van der Waals surface area contributed by atoms with Crippen LogP contribution in [0, 0.1) is 6.92 Å². The van der Waals surface area contributed by atoms with Gasteiger partial charge in [0.2, 0.25) is 5.88 Å². The Morgan fingerprint density at radius 3 is 2.83 bits per heavy atom. The second-order valence-electron chi connectivity index (χ2n) is 4.00. The molecule has 4 nitrogen and oxygen atoms in total. The van der Waals surface area contributed by atoms with E-state index in [0.29, 0.717) is 23.9 Å². The SMILES string of the molecule is COc1cccc(COc2cc(C)ccc2N)n1. The van der Waals surface area contributed by atoms with E-state index in [1.54, 1.807) is 13.2 Å². The van der Waals surface area contributed by atoms with Gasteiger partial charge in [-0.2, -0.15) is 0 Å². The molecule has 0 spiro atoms. The van der Waals surface area contributed by atoms with Crippen molar-refractivity contribution < 1.29 is 9.47 Å². The summed E-state index contributed by atoms with van der Waals surface area (Å²) < 4.78 is 10.7. The van der Waals surface area contributed by atoms with Gasteiger partial charge in [-0.05, 0) is 30.7 Å². The molecule has 1 aromatic heterocycles. The molecule has 0 bridgehead atoms. The summed E-state index contributed by atoms with van der Waals surface area (Å²) in [6.07, 6.45) is 0. The number of hydrogen-bond acceptors (Lipinski definition) is 4. The summed E-state index contributed by atoms with van der Waals surface area (Å²) in [4.78, 5) is 4.27. The van der Waals surface area contributed by atoms with E-state index >= 15 is 0 Å². The summed E-state index contributed by atoms with van der Waals surface area (Å²) in [6.45, 7) is 2.36. The third-order valence-corrected chi connectivity index (χ3v) is 2.53. The Balaban J connectivity index is 2.08. The van der Waals surface area contributed by atoms with Crippen LogP contribution in [0.2, 0.25) is 0 Å². The third kappa shape index (κ3) is 2.91. The summed E-state index contributed by atoms with van der Waals surface area (Å²) in [7, 11) is 1.59. The Morgan fingerprint density at radius 2 is 2.06 bits per heavy atom. The molecule has 0 atom stereocenters. The molecular formula is C14H16N2O2. The second kappa shape index (κ2) is 5.40. The molecule has 0 aliphatic rings. The lowest BCUT2D eigenvalue weighted by Crippen LogP contribution is -2.01. The lowest BCUT2D eigenvalue weighted by molar-refractivity contribution is 0.299. The fraction of sp³-hybridized carbons (Fsp3) is 0.214. The average Bonchev–Trinajstić information content (AvgIpc) is 2.40. The van der Waals surface area contributed by atoms with Crippen LogP contribution in [0.1, 0.15) is 11.3 Å². The van der Waals surface area contributed by atoms with Gasteiger partial charge in [-0.15, -0.1) is 0 Å². The zero-order valence-electron chi connectivity index (χ0n) is 10.5. The molecule has 2 N–H and O–H groups in total. The minimum atomic E-state index is 0.366. The number of nitrogen functional groups attached to an aromatic ring is 1. The highest BCUT2D eigenvalue weighted by Crippen LogP contribution is 2.23. The molecule has 0 radical (unpaired) electrons. The molecule has 94 valence electrons. The number of aromatic nitrogens is 1. The molecule has 0 aliphatic carbocycles. The normalized spacial score (nSPS) is 10.1. The van der Waals surface area contributed by atoms with Crippen molar-refractivity contribution in [3.05, 3.63) is 47.7 Å².